The van der Waals surface area contributed by atoms with E-state index in [9.17, 15) is 0 Å². The molecule has 4 aliphatic carbocycles. The molecular weight excluding hydrogens is 315 g/mol. The van der Waals surface area contributed by atoms with Gasteiger partial charge in [-0.3, -0.25) is 0 Å². The van der Waals surface area contributed by atoms with Crippen LogP contribution in [0.3, 0.4) is 0 Å². The topological polar surface area (TPSA) is 17.8 Å². The molecule has 1 aromatic heterocycles. The molecule has 2 nitrogen and oxygen atoms in total. The van der Waals surface area contributed by atoms with Crippen LogP contribution in [0.25, 0.3) is 11.0 Å². The molecule has 1 heterocycles. The summed E-state index contributed by atoms with van der Waals surface area (Å²) in [5, 5.41) is 0. The molecule has 0 aliphatic heterocycles. The molecular formula is C18H22Cl2N2. The quantitative estimate of drug-likeness (QED) is 0.695. The molecule has 22 heavy (non-hydrogen) atoms. The predicted octanol–water partition coefficient (Wildman–Crippen LogP) is 5.12. The van der Waals surface area contributed by atoms with E-state index >= 15 is 0 Å². The van der Waals surface area contributed by atoms with Crippen molar-refractivity contribution in [3.8, 4) is 0 Å². The Morgan fingerprint density at radius 2 is 1.64 bits per heavy atom. The summed E-state index contributed by atoms with van der Waals surface area (Å²) in [5.41, 5.74) is 2.73. The molecule has 4 heteroatoms. The molecule has 4 aliphatic rings. The molecule has 6 rings (SSSR count). The van der Waals surface area contributed by atoms with Crippen LogP contribution in [-0.2, 0) is 11.4 Å². The molecule has 0 N–H and O–H groups in total. The van der Waals surface area contributed by atoms with Crippen molar-refractivity contribution >= 4 is 35.0 Å². The van der Waals surface area contributed by atoms with E-state index in [4.69, 9.17) is 16.6 Å². The van der Waals surface area contributed by atoms with Crippen molar-refractivity contribution in [1.82, 2.24) is 9.55 Å². The minimum Gasteiger partial charge on any atom is -0.321 e. The fourth-order valence-electron chi connectivity index (χ4n) is 6.03. The minimum absolute atomic E-state index is 0. The molecule has 0 atom stereocenters. The number of alkyl halides is 1. The highest BCUT2D eigenvalue weighted by atomic mass is 35.5. The van der Waals surface area contributed by atoms with Crippen molar-refractivity contribution in [2.45, 2.75) is 49.9 Å². The lowest BCUT2D eigenvalue weighted by Crippen LogP contribution is -2.52. The van der Waals surface area contributed by atoms with Gasteiger partial charge in [-0.15, -0.1) is 24.0 Å². The van der Waals surface area contributed by atoms with Crippen LogP contribution in [0.2, 0.25) is 0 Å². The smallest absolute Gasteiger partial charge is 0.125 e. The van der Waals surface area contributed by atoms with Gasteiger partial charge in [-0.1, -0.05) is 12.1 Å². The Hall–Kier alpha value is -0.730. The van der Waals surface area contributed by atoms with Crippen LogP contribution >= 0.6 is 24.0 Å². The number of hydrogen-bond donors (Lipinski definition) is 0. The number of benzene rings is 1. The lowest BCUT2D eigenvalue weighted by molar-refractivity contribution is -0.0420. The fraction of sp³-hybridized carbons (Fsp3) is 0.611. The third-order valence-electron chi connectivity index (χ3n) is 6.23. The Bertz CT molecular complexity index is 671. The number of rotatable bonds is 2. The first kappa shape index (κ1) is 14.8. The van der Waals surface area contributed by atoms with E-state index in [1.165, 1.54) is 44.0 Å². The molecule has 4 saturated carbocycles. The van der Waals surface area contributed by atoms with Gasteiger partial charge in [-0.2, -0.15) is 0 Å². The molecule has 2 aromatic rings. The van der Waals surface area contributed by atoms with Gasteiger partial charge in [-0.25, -0.2) is 4.98 Å². The standard InChI is InChI=1S/C18H21ClN2.ClH/c19-11-17-20-15-3-1-2-4-16(15)21(17)18-8-12-5-13(9-18)7-14(6-12)10-18;/h1-4,12-14H,5-11H2;1H. The van der Waals surface area contributed by atoms with Crippen molar-refractivity contribution in [2.75, 3.05) is 0 Å². The Morgan fingerprint density at radius 3 is 2.23 bits per heavy atom. The van der Waals surface area contributed by atoms with Gasteiger partial charge in [0.2, 0.25) is 0 Å². The monoisotopic (exact) mass is 336 g/mol. The van der Waals surface area contributed by atoms with E-state index in [-0.39, 0.29) is 12.4 Å². The SMILES string of the molecule is Cl.ClCc1nc2ccccc2n1C12CC3CC(CC(C3)C1)C2. The zero-order chi connectivity index (χ0) is 14.0. The first-order chi connectivity index (χ1) is 10.3. The van der Waals surface area contributed by atoms with Crippen molar-refractivity contribution in [3.05, 3.63) is 30.1 Å². The summed E-state index contributed by atoms with van der Waals surface area (Å²) in [7, 11) is 0. The molecule has 4 fully saturated rings. The summed E-state index contributed by atoms with van der Waals surface area (Å²) in [6.45, 7) is 0. The molecule has 0 amide bonds. The van der Waals surface area contributed by atoms with Gasteiger partial charge < -0.3 is 4.57 Å². The van der Waals surface area contributed by atoms with E-state index < -0.39 is 0 Å². The van der Waals surface area contributed by atoms with Gasteiger partial charge in [0.1, 0.15) is 5.82 Å². The summed E-state index contributed by atoms with van der Waals surface area (Å²) in [6, 6.07) is 8.58. The number of hydrogen-bond acceptors (Lipinski definition) is 1. The van der Waals surface area contributed by atoms with Gasteiger partial charge in [-0.05, 0) is 68.4 Å². The second-order valence-corrected chi connectivity index (χ2v) is 7.89. The molecule has 0 saturated heterocycles. The number of nitrogens with zero attached hydrogens (tertiary/aromatic N) is 2. The van der Waals surface area contributed by atoms with Crippen LogP contribution in [0.5, 0.6) is 0 Å². The minimum atomic E-state index is 0. The van der Waals surface area contributed by atoms with Crippen LogP contribution in [0, 0.1) is 17.8 Å². The summed E-state index contributed by atoms with van der Waals surface area (Å²) in [4.78, 5) is 4.82. The van der Waals surface area contributed by atoms with Crippen molar-refractivity contribution in [3.63, 3.8) is 0 Å². The van der Waals surface area contributed by atoms with Crippen LogP contribution in [0.1, 0.15) is 44.3 Å². The van der Waals surface area contributed by atoms with E-state index in [0.717, 1.165) is 29.1 Å². The Morgan fingerprint density at radius 1 is 1.05 bits per heavy atom. The largest absolute Gasteiger partial charge is 0.321 e. The van der Waals surface area contributed by atoms with E-state index in [1.807, 2.05) is 0 Å². The summed E-state index contributed by atoms with van der Waals surface area (Å²) >= 11 is 6.26. The van der Waals surface area contributed by atoms with Gasteiger partial charge in [0.25, 0.3) is 0 Å². The van der Waals surface area contributed by atoms with E-state index in [0.29, 0.717) is 11.4 Å². The fourth-order valence-corrected chi connectivity index (χ4v) is 6.21. The predicted molar refractivity (Wildman–Crippen MR) is 92.7 cm³/mol. The maximum atomic E-state index is 6.26. The Balaban J connectivity index is 0.00000125. The van der Waals surface area contributed by atoms with Crippen LogP contribution < -0.4 is 0 Å². The van der Waals surface area contributed by atoms with Gasteiger partial charge >= 0.3 is 0 Å². The summed E-state index contributed by atoms with van der Waals surface area (Å²) in [5.74, 6) is 4.44. The lowest BCUT2D eigenvalue weighted by atomic mass is 9.53. The summed E-state index contributed by atoms with van der Waals surface area (Å²) in [6.07, 6.45) is 8.47. The second kappa shape index (κ2) is 5.14. The number of aromatic nitrogens is 2. The van der Waals surface area contributed by atoms with Gasteiger partial charge in [0.05, 0.1) is 16.9 Å². The number of para-hydroxylation sites is 2. The number of imidazole rings is 1. The van der Waals surface area contributed by atoms with Crippen LogP contribution in [0.4, 0.5) is 0 Å². The first-order valence-corrected chi connectivity index (χ1v) is 8.84. The molecule has 4 bridgehead atoms. The molecule has 0 spiro atoms. The highest BCUT2D eigenvalue weighted by Crippen LogP contribution is 2.59. The normalized spacial score (nSPS) is 35.8. The third-order valence-corrected chi connectivity index (χ3v) is 6.47. The van der Waals surface area contributed by atoms with E-state index in [1.54, 1.807) is 0 Å². The average Bonchev–Trinajstić information content (AvgIpc) is 2.85. The molecule has 118 valence electrons. The zero-order valence-corrected chi connectivity index (χ0v) is 14.2. The van der Waals surface area contributed by atoms with Gasteiger partial charge in [0.15, 0.2) is 0 Å². The molecule has 1 aromatic carbocycles. The maximum Gasteiger partial charge on any atom is 0.125 e. The highest BCUT2D eigenvalue weighted by molar-refractivity contribution is 6.16. The maximum absolute atomic E-state index is 6.26. The van der Waals surface area contributed by atoms with Crippen molar-refractivity contribution in [1.29, 1.82) is 0 Å². The zero-order valence-electron chi connectivity index (χ0n) is 12.7. The van der Waals surface area contributed by atoms with E-state index in [2.05, 4.69) is 28.8 Å². The van der Waals surface area contributed by atoms with Crippen LogP contribution in [0.15, 0.2) is 24.3 Å². The molecule has 0 radical (unpaired) electrons. The van der Waals surface area contributed by atoms with Crippen LogP contribution in [-0.4, -0.2) is 9.55 Å². The van der Waals surface area contributed by atoms with Gasteiger partial charge in [0, 0.05) is 5.54 Å². The number of halogens is 2. The lowest BCUT2D eigenvalue weighted by Gasteiger charge is -2.57. The van der Waals surface area contributed by atoms with Crippen molar-refractivity contribution in [2.24, 2.45) is 17.8 Å². The number of fused-ring (bicyclic) bond motifs is 1. The highest BCUT2D eigenvalue weighted by Gasteiger charge is 2.52. The Kier molecular flexibility index (Phi) is 3.47. The Labute approximate surface area is 142 Å². The summed E-state index contributed by atoms with van der Waals surface area (Å²) < 4.78 is 2.56. The molecule has 0 unspecified atom stereocenters. The first-order valence-electron chi connectivity index (χ1n) is 8.30. The third kappa shape index (κ3) is 1.96. The average molecular weight is 337 g/mol. The second-order valence-electron chi connectivity index (χ2n) is 7.63. The van der Waals surface area contributed by atoms with Crippen molar-refractivity contribution < 1.29 is 0 Å².